The first-order valence-corrected chi connectivity index (χ1v) is 7.04. The maximum Gasteiger partial charge on any atom is 0.573 e. The van der Waals surface area contributed by atoms with E-state index in [0.717, 1.165) is 18.9 Å². The average Bonchev–Trinajstić information content (AvgIpc) is 2.99. The summed E-state index contributed by atoms with van der Waals surface area (Å²) in [5.74, 6) is -0.744. The SMILES string of the molecule is NC(=NCC(=O)N1CCCC1)Nc1ccccc1OC(F)(F)F. The van der Waals surface area contributed by atoms with Crippen LogP contribution in [0, 0.1) is 0 Å². The predicted molar refractivity (Wildman–Crippen MR) is 79.1 cm³/mol. The number of rotatable bonds is 4. The van der Waals surface area contributed by atoms with Crippen LogP contribution in [0.4, 0.5) is 18.9 Å². The lowest BCUT2D eigenvalue weighted by atomic mass is 10.3. The molecule has 0 bridgehead atoms. The number of nitrogens with zero attached hydrogens (tertiary/aromatic N) is 2. The van der Waals surface area contributed by atoms with E-state index < -0.39 is 12.1 Å². The largest absolute Gasteiger partial charge is 0.573 e. The van der Waals surface area contributed by atoms with Gasteiger partial charge in [-0.3, -0.25) is 4.79 Å². The lowest BCUT2D eigenvalue weighted by Crippen LogP contribution is -2.31. The molecule has 1 aromatic carbocycles. The van der Waals surface area contributed by atoms with E-state index in [-0.39, 0.29) is 24.1 Å². The van der Waals surface area contributed by atoms with Crippen molar-refractivity contribution < 1.29 is 22.7 Å². The number of likely N-dealkylation sites (tertiary alicyclic amines) is 1. The quantitative estimate of drug-likeness (QED) is 0.653. The van der Waals surface area contributed by atoms with Crippen LogP contribution >= 0.6 is 0 Å². The van der Waals surface area contributed by atoms with E-state index >= 15 is 0 Å². The van der Waals surface area contributed by atoms with E-state index in [1.165, 1.54) is 18.2 Å². The maximum atomic E-state index is 12.3. The zero-order valence-corrected chi connectivity index (χ0v) is 12.3. The number of benzene rings is 1. The van der Waals surface area contributed by atoms with Crippen LogP contribution in [0.15, 0.2) is 29.3 Å². The summed E-state index contributed by atoms with van der Waals surface area (Å²) in [6.07, 6.45) is -2.88. The van der Waals surface area contributed by atoms with Crippen LogP contribution in [0.3, 0.4) is 0 Å². The normalized spacial score (nSPS) is 15.6. The van der Waals surface area contributed by atoms with Crippen molar-refractivity contribution >= 4 is 17.6 Å². The minimum atomic E-state index is -4.81. The monoisotopic (exact) mass is 330 g/mol. The summed E-state index contributed by atoms with van der Waals surface area (Å²) in [5, 5.41) is 2.51. The Hall–Kier alpha value is -2.45. The van der Waals surface area contributed by atoms with Crippen molar-refractivity contribution in [2.75, 3.05) is 25.0 Å². The Balaban J connectivity index is 1.97. The van der Waals surface area contributed by atoms with Gasteiger partial charge in [-0.1, -0.05) is 12.1 Å². The number of hydrogen-bond donors (Lipinski definition) is 2. The zero-order chi connectivity index (χ0) is 16.9. The van der Waals surface area contributed by atoms with Gasteiger partial charge in [0.1, 0.15) is 6.54 Å². The average molecular weight is 330 g/mol. The van der Waals surface area contributed by atoms with E-state index in [1.807, 2.05) is 0 Å². The summed E-state index contributed by atoms with van der Waals surface area (Å²) in [7, 11) is 0. The van der Waals surface area contributed by atoms with E-state index in [4.69, 9.17) is 5.73 Å². The standard InChI is InChI=1S/C14H17F3N4O2/c15-14(16,17)23-11-6-2-1-5-10(11)20-13(18)19-9-12(22)21-7-3-4-8-21/h1-2,5-6H,3-4,7-9H2,(H3,18,19,20). The molecule has 1 aliphatic rings. The number of nitrogens with two attached hydrogens (primary N) is 1. The Labute approximate surface area is 131 Å². The van der Waals surface area contributed by atoms with Crippen LogP contribution in [-0.2, 0) is 4.79 Å². The molecule has 6 nitrogen and oxygen atoms in total. The third-order valence-electron chi connectivity index (χ3n) is 3.22. The highest BCUT2D eigenvalue weighted by Crippen LogP contribution is 2.29. The number of halogens is 3. The smallest absolute Gasteiger partial charge is 0.404 e. The van der Waals surface area contributed by atoms with Gasteiger partial charge in [0.05, 0.1) is 5.69 Å². The number of guanidine groups is 1. The van der Waals surface area contributed by atoms with Crippen LogP contribution in [0.5, 0.6) is 5.75 Å². The van der Waals surface area contributed by atoms with Crippen LogP contribution in [0.2, 0.25) is 0 Å². The Morgan fingerprint density at radius 3 is 2.61 bits per heavy atom. The first kappa shape index (κ1) is 16.9. The molecule has 0 atom stereocenters. The number of aliphatic imine (C=N–C) groups is 1. The zero-order valence-electron chi connectivity index (χ0n) is 12.3. The molecule has 126 valence electrons. The van der Waals surface area contributed by atoms with Gasteiger partial charge >= 0.3 is 6.36 Å². The summed E-state index contributed by atoms with van der Waals surface area (Å²) in [5.41, 5.74) is 5.63. The number of para-hydroxylation sites is 2. The van der Waals surface area contributed by atoms with Gasteiger partial charge in [-0.15, -0.1) is 13.2 Å². The molecule has 9 heteroatoms. The van der Waals surface area contributed by atoms with Crippen molar-refractivity contribution in [1.82, 2.24) is 4.90 Å². The minimum Gasteiger partial charge on any atom is -0.404 e. The van der Waals surface area contributed by atoms with Gasteiger partial charge in [0, 0.05) is 13.1 Å². The highest BCUT2D eigenvalue weighted by Gasteiger charge is 2.32. The molecule has 0 unspecified atom stereocenters. The molecule has 3 N–H and O–H groups in total. The Bertz CT molecular complexity index is 584. The lowest BCUT2D eigenvalue weighted by molar-refractivity contribution is -0.274. The Morgan fingerprint density at radius 2 is 1.96 bits per heavy atom. The highest BCUT2D eigenvalue weighted by molar-refractivity contribution is 5.95. The number of carbonyl (C=O) groups excluding carboxylic acids is 1. The van der Waals surface area contributed by atoms with Gasteiger partial charge in [0.15, 0.2) is 11.7 Å². The fraction of sp³-hybridized carbons (Fsp3) is 0.429. The molecule has 1 saturated heterocycles. The molecule has 1 fully saturated rings. The molecule has 0 aromatic heterocycles. The fourth-order valence-electron chi connectivity index (χ4n) is 2.18. The van der Waals surface area contributed by atoms with Crippen molar-refractivity contribution in [3.8, 4) is 5.75 Å². The third kappa shape index (κ3) is 5.35. The van der Waals surface area contributed by atoms with Gasteiger partial charge in [0.2, 0.25) is 5.91 Å². The van der Waals surface area contributed by atoms with E-state index in [9.17, 15) is 18.0 Å². The Kier molecular flexibility index (Phi) is 5.30. The van der Waals surface area contributed by atoms with Crippen LogP contribution in [-0.4, -0.2) is 42.8 Å². The molecule has 0 spiro atoms. The molecule has 0 aliphatic carbocycles. The van der Waals surface area contributed by atoms with Crippen molar-refractivity contribution in [2.24, 2.45) is 10.7 Å². The molecule has 0 saturated carbocycles. The number of alkyl halides is 3. The van der Waals surface area contributed by atoms with Crippen molar-refractivity contribution in [3.05, 3.63) is 24.3 Å². The molecule has 1 heterocycles. The summed E-state index contributed by atoms with van der Waals surface area (Å²) < 4.78 is 40.9. The summed E-state index contributed by atoms with van der Waals surface area (Å²) in [4.78, 5) is 17.4. The van der Waals surface area contributed by atoms with Crippen LogP contribution in [0.1, 0.15) is 12.8 Å². The minimum absolute atomic E-state index is 0.0136. The van der Waals surface area contributed by atoms with Gasteiger partial charge in [-0.05, 0) is 25.0 Å². The molecule has 1 aromatic rings. The van der Waals surface area contributed by atoms with E-state index in [1.54, 1.807) is 4.90 Å². The molecule has 0 radical (unpaired) electrons. The van der Waals surface area contributed by atoms with Gasteiger partial charge < -0.3 is 20.7 Å². The molecule has 1 aliphatic heterocycles. The summed E-state index contributed by atoms with van der Waals surface area (Å²) in [6, 6.07) is 5.44. The Morgan fingerprint density at radius 1 is 1.30 bits per heavy atom. The highest BCUT2D eigenvalue weighted by atomic mass is 19.4. The number of carbonyl (C=O) groups is 1. The first-order valence-electron chi connectivity index (χ1n) is 7.04. The second-order valence-electron chi connectivity index (χ2n) is 4.96. The van der Waals surface area contributed by atoms with Crippen molar-refractivity contribution in [2.45, 2.75) is 19.2 Å². The topological polar surface area (TPSA) is 80.0 Å². The van der Waals surface area contributed by atoms with E-state index in [2.05, 4.69) is 15.0 Å². The second-order valence-corrected chi connectivity index (χ2v) is 4.96. The van der Waals surface area contributed by atoms with Crippen molar-refractivity contribution in [3.63, 3.8) is 0 Å². The fourth-order valence-corrected chi connectivity index (χ4v) is 2.18. The van der Waals surface area contributed by atoms with E-state index in [0.29, 0.717) is 13.1 Å². The molecule has 2 rings (SSSR count). The van der Waals surface area contributed by atoms with Crippen LogP contribution in [0.25, 0.3) is 0 Å². The van der Waals surface area contributed by atoms with Crippen molar-refractivity contribution in [1.29, 1.82) is 0 Å². The summed E-state index contributed by atoms with van der Waals surface area (Å²) >= 11 is 0. The number of nitrogens with one attached hydrogen (secondary N) is 1. The maximum absolute atomic E-state index is 12.3. The second kappa shape index (κ2) is 7.21. The molecule has 1 amide bonds. The van der Waals surface area contributed by atoms with Gasteiger partial charge in [0.25, 0.3) is 0 Å². The predicted octanol–water partition coefficient (Wildman–Crippen LogP) is 1.93. The number of hydrogen-bond acceptors (Lipinski definition) is 3. The molecule has 23 heavy (non-hydrogen) atoms. The van der Waals surface area contributed by atoms with Crippen LogP contribution < -0.4 is 15.8 Å². The first-order chi connectivity index (χ1) is 10.8. The number of amides is 1. The summed E-state index contributed by atoms with van der Waals surface area (Å²) in [6.45, 7) is 1.25. The number of anilines is 1. The number of ether oxygens (including phenoxy) is 1. The van der Waals surface area contributed by atoms with Gasteiger partial charge in [-0.25, -0.2) is 4.99 Å². The molecular weight excluding hydrogens is 313 g/mol. The lowest BCUT2D eigenvalue weighted by Gasteiger charge is -2.15. The third-order valence-corrected chi connectivity index (χ3v) is 3.22. The molecular formula is C14H17F3N4O2. The van der Waals surface area contributed by atoms with Gasteiger partial charge in [-0.2, -0.15) is 0 Å².